The van der Waals surface area contributed by atoms with Crippen LogP contribution in [0.25, 0.3) is 0 Å². The maximum Gasteiger partial charge on any atom is 0.223 e. The molecule has 0 bridgehead atoms. The number of carbonyl (C=O) groups is 2. The Bertz CT molecular complexity index is 268. The zero-order valence-electron chi connectivity index (χ0n) is 10.5. The Morgan fingerprint density at radius 3 is 2.71 bits per heavy atom. The van der Waals surface area contributed by atoms with Gasteiger partial charge in [-0.1, -0.05) is 6.42 Å². The smallest absolute Gasteiger partial charge is 0.223 e. The van der Waals surface area contributed by atoms with E-state index in [1.54, 1.807) is 0 Å². The molecule has 2 amide bonds. The zero-order chi connectivity index (χ0) is 12.7. The average molecular weight is 241 g/mol. The predicted molar refractivity (Wildman–Crippen MR) is 66.2 cm³/mol. The van der Waals surface area contributed by atoms with E-state index in [9.17, 15) is 9.59 Å². The first-order valence-corrected chi connectivity index (χ1v) is 6.43. The molecule has 4 N–H and O–H groups in total. The molecule has 98 valence electrons. The zero-order valence-corrected chi connectivity index (χ0v) is 10.5. The summed E-state index contributed by atoms with van der Waals surface area (Å²) in [6.45, 7) is 2.92. The van der Waals surface area contributed by atoms with E-state index < -0.39 is 0 Å². The van der Waals surface area contributed by atoms with Crippen molar-refractivity contribution in [1.29, 1.82) is 0 Å². The molecule has 0 aliphatic heterocycles. The van der Waals surface area contributed by atoms with Gasteiger partial charge in [0.2, 0.25) is 11.8 Å². The molecule has 1 aliphatic rings. The van der Waals surface area contributed by atoms with E-state index in [2.05, 4.69) is 10.6 Å². The minimum Gasteiger partial charge on any atom is -0.356 e. The lowest BCUT2D eigenvalue weighted by Crippen LogP contribution is -2.39. The monoisotopic (exact) mass is 241 g/mol. The number of hydrogen-bond acceptors (Lipinski definition) is 3. The van der Waals surface area contributed by atoms with Crippen LogP contribution in [0.5, 0.6) is 0 Å². The van der Waals surface area contributed by atoms with E-state index in [-0.39, 0.29) is 23.8 Å². The summed E-state index contributed by atoms with van der Waals surface area (Å²) in [4.78, 5) is 23.0. The molecule has 2 atom stereocenters. The molecule has 0 heterocycles. The maximum absolute atomic E-state index is 11.8. The van der Waals surface area contributed by atoms with E-state index >= 15 is 0 Å². The lowest BCUT2D eigenvalue weighted by atomic mass is 9.85. The minimum absolute atomic E-state index is 0.0202. The molecule has 1 fully saturated rings. The lowest BCUT2D eigenvalue weighted by molar-refractivity contribution is -0.126. The number of hydrogen-bond donors (Lipinski definition) is 3. The highest BCUT2D eigenvalue weighted by atomic mass is 16.2. The van der Waals surface area contributed by atoms with Crippen LogP contribution in [0.2, 0.25) is 0 Å². The summed E-state index contributed by atoms with van der Waals surface area (Å²) >= 11 is 0. The third-order valence-corrected chi connectivity index (χ3v) is 3.11. The van der Waals surface area contributed by atoms with Crippen molar-refractivity contribution >= 4 is 11.8 Å². The van der Waals surface area contributed by atoms with E-state index in [4.69, 9.17) is 5.73 Å². The fourth-order valence-electron chi connectivity index (χ4n) is 2.19. The topological polar surface area (TPSA) is 84.2 Å². The van der Waals surface area contributed by atoms with Crippen LogP contribution < -0.4 is 16.4 Å². The highest BCUT2D eigenvalue weighted by Crippen LogP contribution is 2.22. The summed E-state index contributed by atoms with van der Waals surface area (Å²) in [5.74, 6) is 0.0607. The van der Waals surface area contributed by atoms with Crippen LogP contribution >= 0.6 is 0 Å². The SMILES string of the molecule is CCNC(=O)CCNC(=O)C1CCCC(N)C1. The van der Waals surface area contributed by atoms with E-state index in [1.807, 2.05) is 6.92 Å². The molecule has 5 nitrogen and oxygen atoms in total. The molecule has 0 radical (unpaired) electrons. The number of nitrogens with one attached hydrogen (secondary N) is 2. The summed E-state index contributed by atoms with van der Waals surface area (Å²) in [5, 5.41) is 5.50. The summed E-state index contributed by atoms with van der Waals surface area (Å²) in [6.07, 6.45) is 4.07. The first-order valence-electron chi connectivity index (χ1n) is 6.43. The summed E-state index contributed by atoms with van der Waals surface area (Å²) in [5.41, 5.74) is 5.84. The molecule has 0 aromatic carbocycles. The van der Waals surface area contributed by atoms with Crippen molar-refractivity contribution < 1.29 is 9.59 Å². The van der Waals surface area contributed by atoms with Gasteiger partial charge in [0, 0.05) is 31.5 Å². The Morgan fingerprint density at radius 2 is 2.06 bits per heavy atom. The molecule has 17 heavy (non-hydrogen) atoms. The third kappa shape index (κ3) is 5.17. The predicted octanol–water partition coefficient (Wildman–Crippen LogP) is 0.146. The van der Waals surface area contributed by atoms with Gasteiger partial charge < -0.3 is 16.4 Å². The van der Waals surface area contributed by atoms with Crippen LogP contribution in [-0.4, -0.2) is 30.9 Å². The molecule has 0 spiro atoms. The number of carbonyl (C=O) groups excluding carboxylic acids is 2. The van der Waals surface area contributed by atoms with Crippen LogP contribution in [0.3, 0.4) is 0 Å². The largest absolute Gasteiger partial charge is 0.356 e. The first-order chi connectivity index (χ1) is 8.13. The second-order valence-electron chi connectivity index (χ2n) is 4.62. The van der Waals surface area contributed by atoms with Crippen LogP contribution in [0.15, 0.2) is 0 Å². The Hall–Kier alpha value is -1.10. The molecule has 1 saturated carbocycles. The fraction of sp³-hybridized carbons (Fsp3) is 0.833. The van der Waals surface area contributed by atoms with Gasteiger partial charge in [0.05, 0.1) is 0 Å². The van der Waals surface area contributed by atoms with E-state index in [0.717, 1.165) is 25.7 Å². The normalized spacial score (nSPS) is 24.1. The second-order valence-corrected chi connectivity index (χ2v) is 4.62. The van der Waals surface area contributed by atoms with E-state index in [1.165, 1.54) is 0 Å². The summed E-state index contributed by atoms with van der Waals surface area (Å²) in [7, 11) is 0. The van der Waals surface area contributed by atoms with Crippen molar-refractivity contribution in [3.8, 4) is 0 Å². The van der Waals surface area contributed by atoms with Crippen LogP contribution in [-0.2, 0) is 9.59 Å². The fourth-order valence-corrected chi connectivity index (χ4v) is 2.19. The lowest BCUT2D eigenvalue weighted by Gasteiger charge is -2.25. The molecule has 0 saturated heterocycles. The Balaban J connectivity index is 2.18. The van der Waals surface area contributed by atoms with Crippen molar-refractivity contribution in [3.05, 3.63) is 0 Å². The highest BCUT2D eigenvalue weighted by molar-refractivity contribution is 5.80. The average Bonchev–Trinajstić information content (AvgIpc) is 2.29. The molecular formula is C12H23N3O2. The van der Waals surface area contributed by atoms with Crippen molar-refractivity contribution in [1.82, 2.24) is 10.6 Å². The minimum atomic E-state index is -0.0202. The van der Waals surface area contributed by atoms with E-state index in [0.29, 0.717) is 19.5 Å². The van der Waals surface area contributed by atoms with Gasteiger partial charge in [-0.05, 0) is 26.2 Å². The van der Waals surface area contributed by atoms with Gasteiger partial charge in [-0.2, -0.15) is 0 Å². The Kier molecular flexibility index (Phi) is 5.97. The molecule has 0 aromatic rings. The molecular weight excluding hydrogens is 218 g/mol. The number of rotatable bonds is 5. The maximum atomic E-state index is 11.8. The standard InChI is InChI=1S/C12H23N3O2/c1-2-14-11(16)6-7-15-12(17)9-4-3-5-10(13)8-9/h9-10H,2-8,13H2,1H3,(H,14,16)(H,15,17). The Labute approximate surface area is 103 Å². The van der Waals surface area contributed by atoms with Gasteiger partial charge in [-0.25, -0.2) is 0 Å². The van der Waals surface area contributed by atoms with Crippen molar-refractivity contribution in [2.45, 2.75) is 45.1 Å². The summed E-state index contributed by atoms with van der Waals surface area (Å²) < 4.78 is 0. The summed E-state index contributed by atoms with van der Waals surface area (Å²) in [6, 6.07) is 0.155. The quantitative estimate of drug-likeness (QED) is 0.640. The van der Waals surface area contributed by atoms with Crippen LogP contribution in [0.4, 0.5) is 0 Å². The van der Waals surface area contributed by atoms with Gasteiger partial charge in [-0.3, -0.25) is 9.59 Å². The third-order valence-electron chi connectivity index (χ3n) is 3.11. The molecule has 1 rings (SSSR count). The van der Waals surface area contributed by atoms with Gasteiger partial charge >= 0.3 is 0 Å². The number of nitrogens with two attached hydrogens (primary N) is 1. The van der Waals surface area contributed by atoms with Crippen molar-refractivity contribution in [2.24, 2.45) is 11.7 Å². The van der Waals surface area contributed by atoms with Gasteiger partial charge in [0.25, 0.3) is 0 Å². The van der Waals surface area contributed by atoms with Gasteiger partial charge in [-0.15, -0.1) is 0 Å². The van der Waals surface area contributed by atoms with Crippen molar-refractivity contribution in [2.75, 3.05) is 13.1 Å². The van der Waals surface area contributed by atoms with Crippen LogP contribution in [0, 0.1) is 5.92 Å². The first kappa shape index (κ1) is 14.0. The number of amides is 2. The van der Waals surface area contributed by atoms with Crippen molar-refractivity contribution in [3.63, 3.8) is 0 Å². The van der Waals surface area contributed by atoms with Gasteiger partial charge in [0.1, 0.15) is 0 Å². The molecule has 0 aromatic heterocycles. The second kappa shape index (κ2) is 7.27. The van der Waals surface area contributed by atoms with Gasteiger partial charge in [0.15, 0.2) is 0 Å². The highest BCUT2D eigenvalue weighted by Gasteiger charge is 2.24. The molecule has 2 unspecified atom stereocenters. The Morgan fingerprint density at radius 1 is 1.29 bits per heavy atom. The van der Waals surface area contributed by atoms with Crippen LogP contribution in [0.1, 0.15) is 39.0 Å². The molecule has 5 heteroatoms. The molecule has 1 aliphatic carbocycles.